The van der Waals surface area contributed by atoms with Crippen molar-refractivity contribution in [3.8, 4) is 5.75 Å². The van der Waals surface area contributed by atoms with Crippen molar-refractivity contribution in [3.63, 3.8) is 0 Å². The number of ether oxygens (including phenoxy) is 1. The van der Waals surface area contributed by atoms with E-state index in [-0.39, 0.29) is 11.2 Å². The van der Waals surface area contributed by atoms with Crippen LogP contribution in [0.4, 0.5) is 13.2 Å². The molecule has 1 aromatic carbocycles. The molecule has 9 heteroatoms. The van der Waals surface area contributed by atoms with Crippen molar-refractivity contribution in [1.82, 2.24) is 4.90 Å². The number of piperidine rings is 1. The molecule has 0 radical (unpaired) electrons. The SMILES string of the molecule is COCCN1CCC23CCCC[C@H]2[C@H]1Cc1ccc(OS(=O)(=O)C(F)(F)F)cc13. The molecule has 1 saturated carbocycles. The Bertz CT molecular complexity index is 873. The average molecular weight is 433 g/mol. The maximum absolute atomic E-state index is 12.7. The maximum Gasteiger partial charge on any atom is 0.534 e. The van der Waals surface area contributed by atoms with Gasteiger partial charge < -0.3 is 8.92 Å². The van der Waals surface area contributed by atoms with Crippen molar-refractivity contribution in [1.29, 1.82) is 0 Å². The highest BCUT2D eigenvalue weighted by Crippen LogP contribution is 2.56. The van der Waals surface area contributed by atoms with Crippen molar-refractivity contribution >= 4 is 10.1 Å². The number of likely N-dealkylation sites (tertiary alicyclic amines) is 1. The lowest BCUT2D eigenvalue weighted by atomic mass is 9.52. The van der Waals surface area contributed by atoms with E-state index in [0.29, 0.717) is 18.6 Å². The first kappa shape index (κ1) is 20.9. The summed E-state index contributed by atoms with van der Waals surface area (Å²) < 4.78 is 70.9. The van der Waals surface area contributed by atoms with Crippen molar-refractivity contribution in [2.75, 3.05) is 26.8 Å². The lowest BCUT2D eigenvalue weighted by molar-refractivity contribution is -0.0500. The number of hydrogen-bond acceptors (Lipinski definition) is 5. The molecule has 1 unspecified atom stereocenters. The van der Waals surface area contributed by atoms with Crippen LogP contribution in [0.25, 0.3) is 0 Å². The predicted molar refractivity (Wildman–Crippen MR) is 101 cm³/mol. The zero-order valence-corrected chi connectivity index (χ0v) is 17.2. The van der Waals surface area contributed by atoms with E-state index in [4.69, 9.17) is 4.74 Å². The maximum atomic E-state index is 12.7. The highest BCUT2D eigenvalue weighted by atomic mass is 32.2. The summed E-state index contributed by atoms with van der Waals surface area (Å²) in [7, 11) is -3.98. The molecular weight excluding hydrogens is 407 g/mol. The van der Waals surface area contributed by atoms with Gasteiger partial charge in [-0.15, -0.1) is 0 Å². The smallest absolute Gasteiger partial charge is 0.383 e. The zero-order valence-electron chi connectivity index (χ0n) is 16.4. The number of fused-ring (bicyclic) bond motifs is 1. The molecule has 5 nitrogen and oxygen atoms in total. The first-order valence-corrected chi connectivity index (χ1v) is 11.5. The molecule has 2 aliphatic carbocycles. The van der Waals surface area contributed by atoms with Gasteiger partial charge in [-0.25, -0.2) is 0 Å². The fourth-order valence-corrected chi connectivity index (χ4v) is 6.23. The molecule has 29 heavy (non-hydrogen) atoms. The highest BCUT2D eigenvalue weighted by Gasteiger charge is 2.54. The highest BCUT2D eigenvalue weighted by molar-refractivity contribution is 7.88. The van der Waals surface area contributed by atoms with E-state index in [2.05, 4.69) is 9.08 Å². The summed E-state index contributed by atoms with van der Waals surface area (Å²) >= 11 is 0. The fraction of sp³-hybridized carbons (Fsp3) is 0.700. The summed E-state index contributed by atoms with van der Waals surface area (Å²) in [6, 6.07) is 5.03. The van der Waals surface area contributed by atoms with E-state index in [1.807, 2.05) is 0 Å². The van der Waals surface area contributed by atoms with Crippen LogP contribution in [0.5, 0.6) is 5.75 Å². The Balaban J connectivity index is 1.70. The van der Waals surface area contributed by atoms with E-state index in [9.17, 15) is 21.6 Å². The summed E-state index contributed by atoms with van der Waals surface area (Å²) in [5.74, 6) is 0.170. The number of halogens is 3. The van der Waals surface area contributed by atoms with Crippen LogP contribution in [0.2, 0.25) is 0 Å². The number of nitrogens with zero attached hydrogens (tertiary/aromatic N) is 1. The minimum absolute atomic E-state index is 0.110. The number of rotatable bonds is 5. The lowest BCUT2D eigenvalue weighted by Crippen LogP contribution is -2.61. The Hall–Kier alpha value is -1.32. The molecule has 4 rings (SSSR count). The zero-order chi connectivity index (χ0) is 20.9. The van der Waals surface area contributed by atoms with Crippen molar-refractivity contribution in [3.05, 3.63) is 29.3 Å². The molecule has 1 saturated heterocycles. The molecule has 2 fully saturated rings. The average Bonchev–Trinajstić information content (AvgIpc) is 2.66. The molecular formula is C20H26F3NO4S. The van der Waals surface area contributed by atoms with Gasteiger partial charge >= 0.3 is 15.6 Å². The molecule has 0 N–H and O–H groups in total. The first-order chi connectivity index (χ1) is 13.7. The molecule has 3 aliphatic rings. The van der Waals surface area contributed by atoms with E-state index in [1.54, 1.807) is 19.2 Å². The monoisotopic (exact) mass is 433 g/mol. The van der Waals surface area contributed by atoms with Gasteiger partial charge in [0.1, 0.15) is 5.75 Å². The number of hydrogen-bond donors (Lipinski definition) is 0. The molecule has 1 aromatic rings. The standard InChI is InChI=1S/C20H26F3NO4S/c1-27-11-10-24-9-8-19-7-3-2-4-16(19)18(24)12-14-5-6-15(13-17(14)19)28-29(25,26)20(21,22)23/h5-6,13,16,18H,2-4,7-12H2,1H3/t16-,18+,19?/m0/s1. The first-order valence-electron chi connectivity index (χ1n) is 10.0. The molecule has 2 bridgehead atoms. The van der Waals surface area contributed by atoms with Crippen LogP contribution in [-0.2, 0) is 26.7 Å². The van der Waals surface area contributed by atoms with Crippen LogP contribution in [-0.4, -0.2) is 51.7 Å². The normalized spacial score (nSPS) is 29.8. The molecule has 1 aliphatic heterocycles. The molecule has 162 valence electrons. The summed E-state index contributed by atoms with van der Waals surface area (Å²) in [4.78, 5) is 2.49. The summed E-state index contributed by atoms with van der Waals surface area (Å²) in [5.41, 5.74) is -3.47. The number of methoxy groups -OCH3 is 1. The summed E-state index contributed by atoms with van der Waals surface area (Å²) in [6.07, 6.45) is 6.02. The van der Waals surface area contributed by atoms with Crippen LogP contribution < -0.4 is 4.18 Å². The van der Waals surface area contributed by atoms with Gasteiger partial charge in [0, 0.05) is 25.1 Å². The fourth-order valence-electron chi connectivity index (χ4n) is 5.78. The predicted octanol–water partition coefficient (Wildman–Crippen LogP) is 3.62. The Morgan fingerprint density at radius 3 is 2.76 bits per heavy atom. The molecule has 3 atom stereocenters. The van der Waals surface area contributed by atoms with Crippen LogP contribution >= 0.6 is 0 Å². The van der Waals surface area contributed by atoms with Crippen molar-refractivity contribution < 1.29 is 30.5 Å². The third-order valence-corrected chi connectivity index (χ3v) is 7.97. The largest absolute Gasteiger partial charge is 0.534 e. The second-order valence-electron chi connectivity index (χ2n) is 8.36. The van der Waals surface area contributed by atoms with Gasteiger partial charge in [0.15, 0.2) is 0 Å². The van der Waals surface area contributed by atoms with E-state index >= 15 is 0 Å². The van der Waals surface area contributed by atoms with Gasteiger partial charge in [0.2, 0.25) is 0 Å². The quantitative estimate of drug-likeness (QED) is 0.525. The van der Waals surface area contributed by atoms with Gasteiger partial charge in [-0.3, -0.25) is 4.90 Å². The van der Waals surface area contributed by atoms with Crippen LogP contribution in [0.1, 0.15) is 43.2 Å². The van der Waals surface area contributed by atoms with E-state index in [0.717, 1.165) is 62.7 Å². The van der Waals surface area contributed by atoms with Gasteiger partial charge in [-0.1, -0.05) is 18.9 Å². The molecule has 1 heterocycles. The summed E-state index contributed by atoms with van der Waals surface area (Å²) in [5, 5.41) is 0. The van der Waals surface area contributed by atoms with E-state index in [1.165, 1.54) is 6.07 Å². The van der Waals surface area contributed by atoms with Gasteiger partial charge in [0.05, 0.1) is 6.61 Å². The number of alkyl halides is 3. The van der Waals surface area contributed by atoms with Crippen LogP contribution in [0.3, 0.4) is 0 Å². The van der Waals surface area contributed by atoms with Gasteiger partial charge in [0.25, 0.3) is 0 Å². The Morgan fingerprint density at radius 2 is 2.03 bits per heavy atom. The molecule has 0 spiro atoms. The Kier molecular flexibility index (Phi) is 5.36. The minimum Gasteiger partial charge on any atom is -0.383 e. The second-order valence-corrected chi connectivity index (χ2v) is 9.90. The number of benzene rings is 1. The minimum atomic E-state index is -5.67. The summed E-state index contributed by atoms with van der Waals surface area (Å²) in [6.45, 7) is 2.45. The third-order valence-electron chi connectivity index (χ3n) is 7.00. The van der Waals surface area contributed by atoms with Crippen LogP contribution in [0, 0.1) is 5.92 Å². The van der Waals surface area contributed by atoms with Gasteiger partial charge in [-0.2, -0.15) is 21.6 Å². The molecule has 0 amide bonds. The van der Waals surface area contributed by atoms with Crippen molar-refractivity contribution in [2.24, 2.45) is 5.92 Å². The van der Waals surface area contributed by atoms with E-state index < -0.39 is 15.6 Å². The van der Waals surface area contributed by atoms with Crippen molar-refractivity contribution in [2.45, 2.75) is 55.5 Å². The van der Waals surface area contributed by atoms with Gasteiger partial charge in [-0.05, 0) is 61.4 Å². The van der Waals surface area contributed by atoms with Crippen LogP contribution in [0.15, 0.2) is 18.2 Å². The topological polar surface area (TPSA) is 55.8 Å². The Morgan fingerprint density at radius 1 is 1.24 bits per heavy atom. The Labute approximate surface area is 169 Å². The molecule has 0 aromatic heterocycles. The third kappa shape index (κ3) is 3.55. The second kappa shape index (κ2) is 7.42. The lowest BCUT2D eigenvalue weighted by Gasteiger charge is -2.59.